The van der Waals surface area contributed by atoms with Gasteiger partial charge in [-0.2, -0.15) is 0 Å². The van der Waals surface area contributed by atoms with Crippen LogP contribution >= 0.6 is 0 Å². The third kappa shape index (κ3) is 3.66. The molecule has 2 heterocycles. The first kappa shape index (κ1) is 19.3. The molecule has 2 unspecified atom stereocenters. The molecule has 1 aromatic carbocycles. The predicted octanol–water partition coefficient (Wildman–Crippen LogP) is 3.39. The third-order valence-corrected chi connectivity index (χ3v) is 5.44. The molecule has 1 amide bonds. The van der Waals surface area contributed by atoms with E-state index in [9.17, 15) is 9.59 Å². The molecule has 146 valence electrons. The number of hydrogen-bond donors (Lipinski definition) is 1. The van der Waals surface area contributed by atoms with Crippen LogP contribution < -0.4 is 14.8 Å². The molecule has 6 heteroatoms. The van der Waals surface area contributed by atoms with Crippen LogP contribution in [0.15, 0.2) is 12.3 Å². The second kappa shape index (κ2) is 7.25. The van der Waals surface area contributed by atoms with E-state index in [4.69, 9.17) is 14.2 Å². The highest BCUT2D eigenvalue weighted by Gasteiger charge is 2.41. The number of esters is 1. The molecule has 0 saturated heterocycles. The number of hydrogen-bond acceptors (Lipinski definition) is 5. The normalized spacial score (nSPS) is 23.7. The molecule has 3 rings (SSSR count). The Bertz CT molecular complexity index is 814. The van der Waals surface area contributed by atoms with E-state index < -0.39 is 5.60 Å². The second-order valence-electron chi connectivity index (χ2n) is 7.49. The van der Waals surface area contributed by atoms with Crippen LogP contribution in [0.5, 0.6) is 11.5 Å². The van der Waals surface area contributed by atoms with E-state index in [1.165, 1.54) is 6.92 Å². The minimum Gasteiger partial charge on any atom is -0.479 e. The monoisotopic (exact) mass is 373 g/mol. The van der Waals surface area contributed by atoms with Gasteiger partial charge in [0.1, 0.15) is 11.5 Å². The number of rotatable bonds is 3. The Morgan fingerprint density at radius 3 is 2.59 bits per heavy atom. The molecule has 0 aliphatic carbocycles. The molecular formula is C21H27NO5. The first-order chi connectivity index (χ1) is 12.7. The van der Waals surface area contributed by atoms with Crippen molar-refractivity contribution in [1.82, 2.24) is 5.32 Å². The maximum absolute atomic E-state index is 12.9. The zero-order valence-corrected chi connectivity index (χ0v) is 16.6. The highest BCUT2D eigenvalue weighted by atomic mass is 16.5. The van der Waals surface area contributed by atoms with Crippen molar-refractivity contribution in [3.05, 3.63) is 34.6 Å². The van der Waals surface area contributed by atoms with Crippen LogP contribution in [-0.2, 0) is 20.7 Å². The van der Waals surface area contributed by atoms with Crippen molar-refractivity contribution in [3.8, 4) is 11.5 Å². The number of nitrogens with one attached hydrogen (secondary N) is 1. The fourth-order valence-electron chi connectivity index (χ4n) is 3.63. The lowest BCUT2D eigenvalue weighted by Gasteiger charge is -2.37. The van der Waals surface area contributed by atoms with Crippen molar-refractivity contribution in [1.29, 1.82) is 0 Å². The highest BCUT2D eigenvalue weighted by Crippen LogP contribution is 2.43. The van der Waals surface area contributed by atoms with Gasteiger partial charge in [-0.15, -0.1) is 0 Å². The Hall–Kier alpha value is -2.50. The van der Waals surface area contributed by atoms with Crippen LogP contribution in [0.4, 0.5) is 0 Å². The Kier molecular flexibility index (Phi) is 5.18. The van der Waals surface area contributed by atoms with Gasteiger partial charge in [-0.1, -0.05) is 0 Å². The summed E-state index contributed by atoms with van der Waals surface area (Å²) in [7, 11) is 0. The van der Waals surface area contributed by atoms with Gasteiger partial charge in [-0.3, -0.25) is 9.59 Å². The molecule has 0 saturated carbocycles. The smallest absolute Gasteiger partial charge is 0.308 e. The van der Waals surface area contributed by atoms with Crippen molar-refractivity contribution in [2.45, 2.75) is 72.1 Å². The predicted molar refractivity (Wildman–Crippen MR) is 101 cm³/mol. The van der Waals surface area contributed by atoms with Crippen molar-refractivity contribution in [3.63, 3.8) is 0 Å². The summed E-state index contributed by atoms with van der Waals surface area (Å²) in [5.74, 6) is 0.794. The van der Waals surface area contributed by atoms with Gasteiger partial charge in [0.15, 0.2) is 11.8 Å². The van der Waals surface area contributed by atoms with Crippen LogP contribution in [0, 0.1) is 20.8 Å². The van der Waals surface area contributed by atoms with E-state index in [-0.39, 0.29) is 18.1 Å². The van der Waals surface area contributed by atoms with Gasteiger partial charge >= 0.3 is 5.97 Å². The minimum absolute atomic E-state index is 0.174. The van der Waals surface area contributed by atoms with Gasteiger partial charge in [0, 0.05) is 25.3 Å². The molecule has 0 aromatic heterocycles. The highest BCUT2D eigenvalue weighted by molar-refractivity contribution is 5.86. The Morgan fingerprint density at radius 2 is 1.96 bits per heavy atom. The third-order valence-electron chi connectivity index (χ3n) is 5.44. The summed E-state index contributed by atoms with van der Waals surface area (Å²) in [5.41, 5.74) is 2.67. The maximum Gasteiger partial charge on any atom is 0.308 e. The summed E-state index contributed by atoms with van der Waals surface area (Å²) in [6.07, 6.45) is 6.08. The Morgan fingerprint density at radius 1 is 1.22 bits per heavy atom. The van der Waals surface area contributed by atoms with Crippen molar-refractivity contribution in [2.24, 2.45) is 0 Å². The molecule has 1 aromatic rings. The maximum atomic E-state index is 12.9. The molecule has 2 aliphatic heterocycles. The van der Waals surface area contributed by atoms with Gasteiger partial charge in [0.25, 0.3) is 5.91 Å². The number of fused-ring (bicyclic) bond motifs is 1. The summed E-state index contributed by atoms with van der Waals surface area (Å²) in [6, 6.07) is 0. The van der Waals surface area contributed by atoms with E-state index in [0.29, 0.717) is 24.3 Å². The van der Waals surface area contributed by atoms with Crippen molar-refractivity contribution < 1.29 is 23.8 Å². The van der Waals surface area contributed by atoms with Crippen LogP contribution in [-0.4, -0.2) is 23.7 Å². The van der Waals surface area contributed by atoms with E-state index in [0.717, 1.165) is 35.1 Å². The van der Waals surface area contributed by atoms with Gasteiger partial charge in [0.05, 0.1) is 6.26 Å². The lowest BCUT2D eigenvalue weighted by molar-refractivity contribution is -0.140. The number of carbonyl (C=O) groups is 2. The summed E-state index contributed by atoms with van der Waals surface area (Å²) < 4.78 is 17.1. The van der Waals surface area contributed by atoms with E-state index in [1.807, 2.05) is 33.8 Å². The number of amides is 1. The van der Waals surface area contributed by atoms with Gasteiger partial charge in [-0.05, 0) is 63.3 Å². The second-order valence-corrected chi connectivity index (χ2v) is 7.49. The Balaban J connectivity index is 1.88. The van der Waals surface area contributed by atoms with Crippen molar-refractivity contribution in [2.75, 3.05) is 0 Å². The quantitative estimate of drug-likeness (QED) is 0.649. The molecule has 0 spiro atoms. The largest absolute Gasteiger partial charge is 0.479 e. The lowest BCUT2D eigenvalue weighted by Crippen LogP contribution is -2.54. The van der Waals surface area contributed by atoms with Crippen molar-refractivity contribution >= 4 is 11.9 Å². The summed E-state index contributed by atoms with van der Waals surface area (Å²) in [4.78, 5) is 24.3. The zero-order valence-electron chi connectivity index (χ0n) is 16.6. The molecule has 0 radical (unpaired) electrons. The van der Waals surface area contributed by atoms with E-state index in [2.05, 4.69) is 5.32 Å². The molecule has 27 heavy (non-hydrogen) atoms. The average molecular weight is 373 g/mol. The molecule has 0 bridgehead atoms. The minimum atomic E-state index is -0.968. The fraction of sp³-hybridized carbons (Fsp3) is 0.524. The lowest BCUT2D eigenvalue weighted by atomic mass is 9.86. The number of allylic oxidation sites excluding steroid dienone is 1. The summed E-state index contributed by atoms with van der Waals surface area (Å²) in [6.45, 7) is 8.97. The number of ether oxygens (including phenoxy) is 3. The first-order valence-corrected chi connectivity index (χ1v) is 9.34. The number of carbonyl (C=O) groups excluding carboxylic acids is 2. The molecule has 1 N–H and O–H groups in total. The molecule has 6 nitrogen and oxygen atoms in total. The van der Waals surface area contributed by atoms with Crippen LogP contribution in [0.3, 0.4) is 0 Å². The molecule has 0 fully saturated rings. The molecular weight excluding hydrogens is 346 g/mol. The topological polar surface area (TPSA) is 73.9 Å². The van der Waals surface area contributed by atoms with Crippen LogP contribution in [0.2, 0.25) is 0 Å². The van der Waals surface area contributed by atoms with Gasteiger partial charge in [0.2, 0.25) is 0 Å². The average Bonchev–Trinajstić information content (AvgIpc) is 2.64. The zero-order chi connectivity index (χ0) is 19.8. The first-order valence-electron chi connectivity index (χ1n) is 9.34. The van der Waals surface area contributed by atoms with Gasteiger partial charge < -0.3 is 19.5 Å². The summed E-state index contributed by atoms with van der Waals surface area (Å²) >= 11 is 0. The standard InChI is InChI=1S/C21H27NO5/c1-12-13(2)19-16(14(3)18(12)26-15(4)23)9-10-21(5,27-19)20(24)22-17-8-6-7-11-25-17/h7,11,17H,6,8-10H2,1-5H3,(H,22,24). The van der Waals surface area contributed by atoms with Gasteiger partial charge in [-0.25, -0.2) is 0 Å². The van der Waals surface area contributed by atoms with E-state index in [1.54, 1.807) is 6.26 Å². The summed E-state index contributed by atoms with van der Waals surface area (Å²) in [5, 5.41) is 2.94. The number of benzene rings is 1. The Labute approximate surface area is 159 Å². The van der Waals surface area contributed by atoms with E-state index >= 15 is 0 Å². The van der Waals surface area contributed by atoms with Crippen LogP contribution in [0.25, 0.3) is 0 Å². The molecule has 2 aliphatic rings. The molecule has 2 atom stereocenters. The fourth-order valence-corrected chi connectivity index (χ4v) is 3.63. The SMILES string of the molecule is CC(=O)Oc1c(C)c(C)c2c(c1C)CCC(C)(C(=O)NC1CCC=CO1)O2. The van der Waals surface area contributed by atoms with Crippen LogP contribution in [0.1, 0.15) is 55.4 Å².